The van der Waals surface area contributed by atoms with E-state index >= 15 is 0 Å². The van der Waals surface area contributed by atoms with Crippen molar-refractivity contribution in [1.82, 2.24) is 20.2 Å². The van der Waals surface area contributed by atoms with E-state index < -0.39 is 6.03 Å². The maximum atomic E-state index is 11.2. The molecule has 0 saturated carbocycles. The molecule has 164 valence electrons. The van der Waals surface area contributed by atoms with Gasteiger partial charge in [0.2, 0.25) is 0 Å². The van der Waals surface area contributed by atoms with E-state index in [4.69, 9.17) is 14.9 Å². The lowest BCUT2D eigenvalue weighted by Gasteiger charge is -2.38. The van der Waals surface area contributed by atoms with Crippen LogP contribution in [-0.2, 0) is 6.54 Å². The Labute approximate surface area is 188 Å². The highest BCUT2D eigenvalue weighted by atomic mass is 32.1. The van der Waals surface area contributed by atoms with Crippen molar-refractivity contribution in [3.63, 3.8) is 0 Å². The number of hydrogen-bond donors (Lipinski definition) is 2. The number of thiazole rings is 1. The zero-order chi connectivity index (χ0) is 21.7. The largest absolute Gasteiger partial charge is 0.460 e. The molecule has 0 aliphatic carbocycles. The average Bonchev–Trinajstić information content (AvgIpc) is 3.41. The van der Waals surface area contributed by atoms with Gasteiger partial charge in [-0.2, -0.15) is 4.98 Å². The van der Waals surface area contributed by atoms with Crippen molar-refractivity contribution in [3.05, 3.63) is 48.4 Å². The normalized spacial score (nSPS) is 23.1. The molecule has 2 bridgehead atoms. The fourth-order valence-electron chi connectivity index (χ4n) is 5.13. The summed E-state index contributed by atoms with van der Waals surface area (Å²) in [5.41, 5.74) is 6.81. The Hall–Kier alpha value is -3.17. The van der Waals surface area contributed by atoms with Gasteiger partial charge in [0.1, 0.15) is 17.1 Å². The van der Waals surface area contributed by atoms with E-state index in [0.717, 1.165) is 53.7 Å². The van der Waals surface area contributed by atoms with Gasteiger partial charge in [-0.3, -0.25) is 4.90 Å². The highest BCUT2D eigenvalue weighted by Crippen LogP contribution is 2.38. The van der Waals surface area contributed by atoms with E-state index in [2.05, 4.69) is 26.3 Å². The molecule has 6 rings (SSSR count). The predicted octanol–water partition coefficient (Wildman–Crippen LogP) is 4.39. The van der Waals surface area contributed by atoms with Gasteiger partial charge in [0.05, 0.1) is 11.2 Å². The summed E-state index contributed by atoms with van der Waals surface area (Å²) in [5, 5.41) is 4.51. The van der Waals surface area contributed by atoms with E-state index in [9.17, 15) is 4.79 Å². The molecule has 3 atom stereocenters. The molecule has 5 heterocycles. The van der Waals surface area contributed by atoms with Crippen molar-refractivity contribution in [2.24, 2.45) is 5.73 Å². The van der Waals surface area contributed by atoms with Crippen LogP contribution in [-0.4, -0.2) is 39.0 Å². The van der Waals surface area contributed by atoms with Crippen molar-refractivity contribution in [3.8, 4) is 10.9 Å². The van der Waals surface area contributed by atoms with Crippen molar-refractivity contribution >= 4 is 38.7 Å². The second kappa shape index (κ2) is 7.75. The van der Waals surface area contributed by atoms with Gasteiger partial charge in [-0.05, 0) is 56.0 Å². The number of nitrogens with two attached hydrogens (primary N) is 1. The number of aromatic nitrogens is 2. The summed E-state index contributed by atoms with van der Waals surface area (Å²) in [5.74, 6) is 1.63. The van der Waals surface area contributed by atoms with Gasteiger partial charge in [-0.1, -0.05) is 11.3 Å². The number of piperidine rings is 1. The zero-order valence-corrected chi connectivity index (χ0v) is 18.2. The van der Waals surface area contributed by atoms with Crippen LogP contribution in [0.3, 0.4) is 0 Å². The minimum Gasteiger partial charge on any atom is -0.460 e. The van der Waals surface area contributed by atoms with Crippen LogP contribution < -0.4 is 15.8 Å². The van der Waals surface area contributed by atoms with Crippen molar-refractivity contribution in [2.45, 2.75) is 50.4 Å². The Morgan fingerprint density at radius 3 is 2.88 bits per heavy atom. The molecule has 32 heavy (non-hydrogen) atoms. The summed E-state index contributed by atoms with van der Waals surface area (Å²) in [7, 11) is 0. The number of ether oxygens (including phenoxy) is 1. The number of benzene rings is 1. The molecule has 3 aromatic heterocycles. The number of rotatable bonds is 5. The van der Waals surface area contributed by atoms with Crippen molar-refractivity contribution in [2.75, 3.05) is 0 Å². The van der Waals surface area contributed by atoms with E-state index in [0.29, 0.717) is 28.7 Å². The molecule has 2 aliphatic rings. The lowest BCUT2D eigenvalue weighted by atomic mass is 9.97. The number of primary amides is 1. The number of pyridine rings is 1. The number of carbonyl (C=O) groups is 1. The minimum absolute atomic E-state index is 0.175. The van der Waals surface area contributed by atoms with Crippen LogP contribution in [0.25, 0.3) is 21.3 Å². The van der Waals surface area contributed by atoms with E-state index in [1.54, 1.807) is 6.20 Å². The number of carbonyl (C=O) groups excluding carboxylic acids is 1. The first kappa shape index (κ1) is 19.5. The molecule has 3 N–H and O–H groups in total. The van der Waals surface area contributed by atoms with Gasteiger partial charge in [-0.25, -0.2) is 9.78 Å². The highest BCUT2D eigenvalue weighted by Gasteiger charge is 2.41. The molecule has 2 aliphatic heterocycles. The van der Waals surface area contributed by atoms with Crippen LogP contribution in [0.4, 0.5) is 4.79 Å². The monoisotopic (exact) mass is 449 g/mol. The number of amides is 2. The van der Waals surface area contributed by atoms with Crippen molar-refractivity contribution < 1.29 is 13.9 Å². The first-order chi connectivity index (χ1) is 15.6. The van der Waals surface area contributed by atoms with Gasteiger partial charge in [0.15, 0.2) is 5.65 Å². The maximum Gasteiger partial charge on any atom is 0.312 e. The first-order valence-corrected chi connectivity index (χ1v) is 11.7. The van der Waals surface area contributed by atoms with Gasteiger partial charge >= 0.3 is 6.03 Å². The lowest BCUT2D eigenvalue weighted by Crippen LogP contribution is -2.50. The van der Waals surface area contributed by atoms with Gasteiger partial charge in [-0.15, -0.1) is 0 Å². The van der Waals surface area contributed by atoms with Crippen molar-refractivity contribution in [1.29, 1.82) is 0 Å². The molecule has 2 fully saturated rings. The molecule has 1 aromatic carbocycles. The van der Waals surface area contributed by atoms with Crippen LogP contribution in [0.5, 0.6) is 10.9 Å². The average molecular weight is 450 g/mol. The second-order valence-corrected chi connectivity index (χ2v) is 9.55. The smallest absolute Gasteiger partial charge is 0.312 e. The molecule has 2 amide bonds. The summed E-state index contributed by atoms with van der Waals surface area (Å²) in [4.78, 5) is 22.4. The fourth-order valence-corrected chi connectivity index (χ4v) is 5.93. The van der Waals surface area contributed by atoms with Gasteiger partial charge in [0.25, 0.3) is 5.19 Å². The summed E-state index contributed by atoms with van der Waals surface area (Å²) >= 11 is 1.47. The number of furan rings is 1. The number of nitrogens with zero attached hydrogens (tertiary/aromatic N) is 3. The SMILES string of the molecule is NC(=O)NC1CC2CC[C@@H](C1)N2Cc1cc2ccc(Oc3nc4ncccc4s3)cc2o1. The van der Waals surface area contributed by atoms with E-state index in [-0.39, 0.29) is 6.04 Å². The van der Waals surface area contributed by atoms with Crippen LogP contribution in [0, 0.1) is 0 Å². The molecule has 4 aromatic rings. The highest BCUT2D eigenvalue weighted by molar-refractivity contribution is 7.20. The third kappa shape index (κ3) is 3.67. The van der Waals surface area contributed by atoms with Gasteiger partial charge < -0.3 is 20.2 Å². The second-order valence-electron chi connectivity index (χ2n) is 8.55. The van der Waals surface area contributed by atoms with Crippen LogP contribution in [0.2, 0.25) is 0 Å². The standard InChI is InChI=1S/C23H23N5O3S/c24-22(29)26-14-9-15-4-5-16(10-14)28(15)12-18-8-13-3-6-17(11-19(13)30-18)31-23-27-21-20(32-23)2-1-7-25-21/h1-3,6-8,11,14-16H,4-5,9-10,12H2,(H3,24,26,29)/t14?,15-,16?/m0/s1. The molecule has 2 saturated heterocycles. The molecule has 8 nitrogen and oxygen atoms in total. The predicted molar refractivity (Wildman–Crippen MR) is 122 cm³/mol. The Bertz CT molecular complexity index is 1250. The van der Waals surface area contributed by atoms with Crippen LogP contribution >= 0.6 is 11.3 Å². The minimum atomic E-state index is -0.430. The molecular weight excluding hydrogens is 426 g/mol. The quantitative estimate of drug-likeness (QED) is 0.468. The van der Waals surface area contributed by atoms with E-state index in [1.807, 2.05) is 30.3 Å². The van der Waals surface area contributed by atoms with E-state index in [1.165, 1.54) is 11.3 Å². The molecule has 9 heteroatoms. The molecule has 0 radical (unpaired) electrons. The maximum absolute atomic E-state index is 11.2. The Morgan fingerprint density at radius 1 is 1.25 bits per heavy atom. The lowest BCUT2D eigenvalue weighted by molar-refractivity contribution is 0.104. The Balaban J connectivity index is 1.17. The first-order valence-electron chi connectivity index (χ1n) is 10.8. The Kier molecular flexibility index (Phi) is 4.73. The number of urea groups is 1. The molecular formula is C23H23N5O3S. The fraction of sp³-hybridized carbons (Fsp3) is 0.348. The number of hydrogen-bond acceptors (Lipinski definition) is 7. The zero-order valence-electron chi connectivity index (χ0n) is 17.4. The molecule has 0 spiro atoms. The topological polar surface area (TPSA) is 107 Å². The number of nitrogens with one attached hydrogen (secondary N) is 1. The van der Waals surface area contributed by atoms with Crippen LogP contribution in [0.1, 0.15) is 31.4 Å². The van der Waals surface area contributed by atoms with Gasteiger partial charge in [0, 0.05) is 35.8 Å². The third-order valence-electron chi connectivity index (χ3n) is 6.46. The summed E-state index contributed by atoms with van der Waals surface area (Å²) in [6, 6.07) is 12.5. The molecule has 2 unspecified atom stereocenters. The Morgan fingerprint density at radius 2 is 2.09 bits per heavy atom. The summed E-state index contributed by atoms with van der Waals surface area (Å²) in [6.45, 7) is 0.771. The summed E-state index contributed by atoms with van der Waals surface area (Å²) in [6.07, 6.45) is 5.91. The third-order valence-corrected chi connectivity index (χ3v) is 7.35. The number of fused-ring (bicyclic) bond motifs is 4. The summed E-state index contributed by atoms with van der Waals surface area (Å²) < 4.78 is 13.1. The van der Waals surface area contributed by atoms with Crippen LogP contribution in [0.15, 0.2) is 47.0 Å².